The highest BCUT2D eigenvalue weighted by molar-refractivity contribution is 5.94. The molecule has 1 amide bonds. The van der Waals surface area contributed by atoms with Crippen molar-refractivity contribution >= 4 is 5.91 Å². The molecule has 28 heavy (non-hydrogen) atoms. The first kappa shape index (κ1) is 19.7. The number of aromatic amines is 1. The molecule has 0 aliphatic rings. The Kier molecular flexibility index (Phi) is 5.26. The minimum absolute atomic E-state index is 0.303. The Bertz CT molecular complexity index is 974. The van der Waals surface area contributed by atoms with Gasteiger partial charge in [0.2, 0.25) is 0 Å². The normalized spacial score (nSPS) is 12.8. The molecule has 0 saturated carbocycles. The second kappa shape index (κ2) is 7.49. The molecule has 6 nitrogen and oxygen atoms in total. The van der Waals surface area contributed by atoms with E-state index in [1.807, 2.05) is 0 Å². The minimum atomic E-state index is -4.47. The second-order valence-electron chi connectivity index (χ2n) is 6.60. The third-order valence-electron chi connectivity index (χ3n) is 4.42. The number of nitrogens with zero attached hydrogens (tertiary/aromatic N) is 2. The molecule has 3 aromatic heterocycles. The summed E-state index contributed by atoms with van der Waals surface area (Å²) in [5, 5.41) is 6.72. The summed E-state index contributed by atoms with van der Waals surface area (Å²) in [7, 11) is 0. The fraction of sp³-hybridized carbons (Fsp3) is 0.316. The number of hydrogen-bond acceptors (Lipinski definition) is 4. The van der Waals surface area contributed by atoms with Crippen LogP contribution < -0.4 is 5.32 Å². The molecule has 0 bridgehead atoms. The van der Waals surface area contributed by atoms with Crippen LogP contribution in [0.2, 0.25) is 0 Å². The molecule has 0 aliphatic carbocycles. The zero-order chi connectivity index (χ0) is 20.5. The van der Waals surface area contributed by atoms with E-state index in [1.54, 1.807) is 33.0 Å². The van der Waals surface area contributed by atoms with Gasteiger partial charge in [-0.05, 0) is 43.5 Å². The van der Waals surface area contributed by atoms with Crippen LogP contribution in [0.4, 0.5) is 13.2 Å². The lowest BCUT2D eigenvalue weighted by molar-refractivity contribution is -0.141. The quantitative estimate of drug-likeness (QED) is 0.684. The second-order valence-corrected chi connectivity index (χ2v) is 6.60. The summed E-state index contributed by atoms with van der Waals surface area (Å²) in [5.41, 5.74) is 2.22. The maximum atomic E-state index is 12.6. The molecule has 0 fully saturated rings. The SMILES string of the molecule is Cc1cc(C(C)NC(=O)c2[nH]cc(Cc3ccc(C(F)(F)F)nc3)c2C)no1. The monoisotopic (exact) mass is 392 g/mol. The number of amides is 1. The lowest BCUT2D eigenvalue weighted by Crippen LogP contribution is -2.27. The van der Waals surface area contributed by atoms with E-state index >= 15 is 0 Å². The number of carbonyl (C=O) groups is 1. The van der Waals surface area contributed by atoms with Crippen LogP contribution >= 0.6 is 0 Å². The molecule has 0 radical (unpaired) electrons. The average molecular weight is 392 g/mol. The van der Waals surface area contributed by atoms with Crippen molar-refractivity contribution in [2.24, 2.45) is 0 Å². The van der Waals surface area contributed by atoms with E-state index in [0.29, 0.717) is 29.1 Å². The van der Waals surface area contributed by atoms with E-state index in [4.69, 9.17) is 4.52 Å². The molecule has 1 atom stereocenters. The Morgan fingerprint density at radius 3 is 2.64 bits per heavy atom. The third kappa shape index (κ3) is 4.24. The smallest absolute Gasteiger partial charge is 0.361 e. The van der Waals surface area contributed by atoms with E-state index in [9.17, 15) is 18.0 Å². The van der Waals surface area contributed by atoms with Crippen LogP contribution in [0, 0.1) is 13.8 Å². The van der Waals surface area contributed by atoms with Crippen LogP contribution in [-0.4, -0.2) is 21.0 Å². The van der Waals surface area contributed by atoms with Gasteiger partial charge in [-0.25, -0.2) is 0 Å². The van der Waals surface area contributed by atoms with Crippen molar-refractivity contribution in [1.29, 1.82) is 0 Å². The number of aryl methyl sites for hydroxylation is 1. The van der Waals surface area contributed by atoms with Gasteiger partial charge in [-0.1, -0.05) is 11.2 Å². The molecular weight excluding hydrogens is 373 g/mol. The van der Waals surface area contributed by atoms with Crippen LogP contribution in [-0.2, 0) is 12.6 Å². The molecule has 3 heterocycles. The van der Waals surface area contributed by atoms with Gasteiger partial charge in [0.15, 0.2) is 0 Å². The van der Waals surface area contributed by atoms with Crippen molar-refractivity contribution in [3.05, 3.63) is 70.1 Å². The van der Waals surface area contributed by atoms with Crippen molar-refractivity contribution < 1.29 is 22.5 Å². The maximum Gasteiger partial charge on any atom is 0.433 e. The Morgan fingerprint density at radius 2 is 2.07 bits per heavy atom. The van der Waals surface area contributed by atoms with Crippen molar-refractivity contribution in [3.63, 3.8) is 0 Å². The predicted molar refractivity (Wildman–Crippen MR) is 94.7 cm³/mol. The van der Waals surface area contributed by atoms with Crippen LogP contribution in [0.25, 0.3) is 0 Å². The fourth-order valence-corrected chi connectivity index (χ4v) is 2.80. The van der Waals surface area contributed by atoms with Gasteiger partial charge >= 0.3 is 6.18 Å². The Balaban J connectivity index is 1.70. The predicted octanol–water partition coefficient (Wildman–Crippen LogP) is 4.12. The first-order valence-electron chi connectivity index (χ1n) is 8.58. The number of aromatic nitrogens is 3. The third-order valence-corrected chi connectivity index (χ3v) is 4.42. The highest BCUT2D eigenvalue weighted by atomic mass is 19.4. The molecule has 3 aromatic rings. The van der Waals surface area contributed by atoms with Gasteiger partial charge in [0.1, 0.15) is 22.8 Å². The lowest BCUT2D eigenvalue weighted by Gasteiger charge is -2.11. The summed E-state index contributed by atoms with van der Waals surface area (Å²) in [6.07, 6.45) is -1.23. The number of rotatable bonds is 5. The first-order valence-corrected chi connectivity index (χ1v) is 8.58. The lowest BCUT2D eigenvalue weighted by atomic mass is 10.0. The summed E-state index contributed by atoms with van der Waals surface area (Å²) in [4.78, 5) is 18.9. The number of pyridine rings is 1. The van der Waals surface area contributed by atoms with E-state index < -0.39 is 11.9 Å². The molecule has 0 aromatic carbocycles. The molecule has 0 saturated heterocycles. The zero-order valence-electron chi connectivity index (χ0n) is 15.5. The topological polar surface area (TPSA) is 83.8 Å². The summed E-state index contributed by atoms with van der Waals surface area (Å²) >= 11 is 0. The number of alkyl halides is 3. The Morgan fingerprint density at radius 1 is 1.32 bits per heavy atom. The molecule has 1 unspecified atom stereocenters. The molecule has 9 heteroatoms. The molecule has 2 N–H and O–H groups in total. The van der Waals surface area contributed by atoms with E-state index in [1.165, 1.54) is 12.3 Å². The van der Waals surface area contributed by atoms with Crippen LogP contribution in [0.5, 0.6) is 0 Å². The van der Waals surface area contributed by atoms with Crippen LogP contribution in [0.1, 0.15) is 57.3 Å². The summed E-state index contributed by atoms with van der Waals surface area (Å²) in [6.45, 7) is 5.34. The van der Waals surface area contributed by atoms with Crippen molar-refractivity contribution in [3.8, 4) is 0 Å². The number of carbonyl (C=O) groups excluding carboxylic acids is 1. The Hall–Kier alpha value is -3.10. The molecule has 3 rings (SSSR count). The maximum absolute atomic E-state index is 12.6. The fourth-order valence-electron chi connectivity index (χ4n) is 2.80. The Labute approximate surface area is 159 Å². The highest BCUT2D eigenvalue weighted by Crippen LogP contribution is 2.27. The first-order chi connectivity index (χ1) is 13.1. The van der Waals surface area contributed by atoms with Gasteiger partial charge in [-0.15, -0.1) is 0 Å². The number of H-pyrrole nitrogens is 1. The molecule has 0 aliphatic heterocycles. The molecule has 0 spiro atoms. The van der Waals surface area contributed by atoms with Gasteiger partial charge < -0.3 is 14.8 Å². The van der Waals surface area contributed by atoms with Crippen molar-refractivity contribution in [2.45, 2.75) is 39.4 Å². The van der Waals surface area contributed by atoms with Crippen LogP contribution in [0.3, 0.4) is 0 Å². The summed E-state index contributed by atoms with van der Waals surface area (Å²) in [6, 6.07) is 3.74. The largest absolute Gasteiger partial charge is 0.433 e. The number of hydrogen-bond donors (Lipinski definition) is 2. The summed E-state index contributed by atoms with van der Waals surface area (Å²) in [5.74, 6) is 0.349. The highest BCUT2D eigenvalue weighted by Gasteiger charge is 2.32. The van der Waals surface area contributed by atoms with Gasteiger partial charge in [0.25, 0.3) is 5.91 Å². The van der Waals surface area contributed by atoms with Gasteiger partial charge in [-0.3, -0.25) is 9.78 Å². The zero-order valence-corrected chi connectivity index (χ0v) is 15.5. The van der Waals surface area contributed by atoms with Crippen LogP contribution in [0.15, 0.2) is 35.1 Å². The molecular formula is C19H19F3N4O2. The number of nitrogens with one attached hydrogen (secondary N) is 2. The van der Waals surface area contributed by atoms with E-state index in [0.717, 1.165) is 17.2 Å². The van der Waals surface area contributed by atoms with Gasteiger partial charge in [0, 0.05) is 24.9 Å². The van der Waals surface area contributed by atoms with Crippen molar-refractivity contribution in [2.75, 3.05) is 0 Å². The standard InChI is InChI=1S/C19H19F3N4O2/c1-10-6-15(26-28-10)12(3)25-18(27)17-11(2)14(9-24-17)7-13-4-5-16(23-8-13)19(20,21)22/h4-6,8-9,12,24H,7H2,1-3H3,(H,25,27). The minimum Gasteiger partial charge on any atom is -0.361 e. The van der Waals surface area contributed by atoms with Gasteiger partial charge in [-0.2, -0.15) is 13.2 Å². The number of halogens is 3. The van der Waals surface area contributed by atoms with Gasteiger partial charge in [0.05, 0.1) is 6.04 Å². The average Bonchev–Trinajstić information content (AvgIpc) is 3.21. The summed E-state index contributed by atoms with van der Waals surface area (Å²) < 4.78 is 42.8. The molecule has 148 valence electrons. The van der Waals surface area contributed by atoms with Crippen molar-refractivity contribution in [1.82, 2.24) is 20.4 Å². The van der Waals surface area contributed by atoms with E-state index in [2.05, 4.69) is 20.4 Å². The van der Waals surface area contributed by atoms with E-state index in [-0.39, 0.29) is 11.9 Å².